The summed E-state index contributed by atoms with van der Waals surface area (Å²) in [6.45, 7) is 0. The monoisotopic (exact) mass is 302 g/mol. The van der Waals surface area contributed by atoms with Gasteiger partial charge in [-0.1, -0.05) is 35.3 Å². The maximum atomic E-state index is 13.4. The topological polar surface area (TPSA) is 26.3 Å². The van der Waals surface area contributed by atoms with Gasteiger partial charge in [0.05, 0.1) is 10.0 Å². The zero-order valence-electron chi connectivity index (χ0n) is 9.29. The molecule has 0 bridgehead atoms. The molecule has 19 heavy (non-hydrogen) atoms. The van der Waals surface area contributed by atoms with Crippen molar-refractivity contribution in [3.05, 3.63) is 63.6 Å². The Balaban J connectivity index is 2.37. The number of carbonyl (C=O) groups is 1. The summed E-state index contributed by atoms with van der Waals surface area (Å²) in [5.41, 5.74) is -0.793. The Morgan fingerprint density at radius 2 is 1.42 bits per heavy atom. The first-order valence-corrected chi connectivity index (χ1v) is 5.86. The standard InChI is InChI=1S/C13H6Cl2F2O2/c14-7-3-1-4-8(15)12(7)19-13(18)11-9(16)5-2-6-10(11)17/h1-6H. The molecule has 0 N–H and O–H groups in total. The molecule has 0 heterocycles. The van der Waals surface area contributed by atoms with Gasteiger partial charge in [0.2, 0.25) is 0 Å². The van der Waals surface area contributed by atoms with Crippen molar-refractivity contribution in [3.63, 3.8) is 0 Å². The zero-order chi connectivity index (χ0) is 14.0. The van der Waals surface area contributed by atoms with Gasteiger partial charge in [0.25, 0.3) is 0 Å². The van der Waals surface area contributed by atoms with E-state index in [4.69, 9.17) is 27.9 Å². The first-order chi connectivity index (χ1) is 9.00. The van der Waals surface area contributed by atoms with Crippen LogP contribution < -0.4 is 4.74 Å². The van der Waals surface area contributed by atoms with Gasteiger partial charge in [-0.15, -0.1) is 0 Å². The minimum Gasteiger partial charge on any atom is -0.420 e. The van der Waals surface area contributed by atoms with Crippen molar-refractivity contribution in [2.45, 2.75) is 0 Å². The molecule has 2 aromatic rings. The average molecular weight is 303 g/mol. The summed E-state index contributed by atoms with van der Waals surface area (Å²) in [5, 5.41) is 0.134. The van der Waals surface area contributed by atoms with Crippen LogP contribution in [0.5, 0.6) is 5.75 Å². The van der Waals surface area contributed by atoms with Crippen LogP contribution in [0.15, 0.2) is 36.4 Å². The maximum Gasteiger partial charge on any atom is 0.349 e. The Morgan fingerprint density at radius 3 is 1.95 bits per heavy atom. The second-order valence-corrected chi connectivity index (χ2v) is 4.35. The van der Waals surface area contributed by atoms with Crippen molar-refractivity contribution in [3.8, 4) is 5.75 Å². The highest BCUT2D eigenvalue weighted by Gasteiger charge is 2.21. The van der Waals surface area contributed by atoms with Gasteiger partial charge in [-0.2, -0.15) is 0 Å². The van der Waals surface area contributed by atoms with Gasteiger partial charge in [-0.3, -0.25) is 0 Å². The highest BCUT2D eigenvalue weighted by atomic mass is 35.5. The van der Waals surface area contributed by atoms with Crippen LogP contribution in [0, 0.1) is 11.6 Å². The number of ether oxygens (including phenoxy) is 1. The van der Waals surface area contributed by atoms with E-state index in [1.807, 2.05) is 0 Å². The van der Waals surface area contributed by atoms with Crippen LogP contribution in [0.3, 0.4) is 0 Å². The Labute approximate surface area is 117 Å². The smallest absolute Gasteiger partial charge is 0.349 e. The lowest BCUT2D eigenvalue weighted by molar-refractivity contribution is 0.0725. The molecule has 0 unspecified atom stereocenters. The first-order valence-electron chi connectivity index (χ1n) is 5.11. The normalized spacial score (nSPS) is 10.3. The van der Waals surface area contributed by atoms with E-state index in [-0.39, 0.29) is 15.8 Å². The first kappa shape index (κ1) is 13.8. The van der Waals surface area contributed by atoms with Crippen LogP contribution in [-0.2, 0) is 0 Å². The molecule has 0 aliphatic heterocycles. The second kappa shape index (κ2) is 5.55. The molecule has 0 saturated carbocycles. The Bertz CT molecular complexity index is 604. The van der Waals surface area contributed by atoms with Crippen molar-refractivity contribution in [1.29, 1.82) is 0 Å². The quantitative estimate of drug-likeness (QED) is 0.603. The molecule has 2 nitrogen and oxygen atoms in total. The van der Waals surface area contributed by atoms with Crippen LogP contribution in [-0.4, -0.2) is 5.97 Å². The van der Waals surface area contributed by atoms with Crippen LogP contribution in [0.4, 0.5) is 8.78 Å². The predicted octanol–water partition coefficient (Wildman–Crippen LogP) is 4.49. The van der Waals surface area contributed by atoms with Crippen molar-refractivity contribution < 1.29 is 18.3 Å². The number of benzene rings is 2. The van der Waals surface area contributed by atoms with Crippen molar-refractivity contribution in [2.75, 3.05) is 0 Å². The van der Waals surface area contributed by atoms with E-state index >= 15 is 0 Å². The number of hydrogen-bond acceptors (Lipinski definition) is 2. The molecule has 0 fully saturated rings. The third kappa shape index (κ3) is 2.85. The fourth-order valence-corrected chi connectivity index (χ4v) is 1.89. The minimum atomic E-state index is -1.20. The lowest BCUT2D eigenvalue weighted by Crippen LogP contribution is -2.13. The molecule has 0 aromatic heterocycles. The number of carbonyl (C=O) groups excluding carboxylic acids is 1. The van der Waals surface area contributed by atoms with Gasteiger partial charge < -0.3 is 4.74 Å². The van der Waals surface area contributed by atoms with Crippen molar-refractivity contribution in [2.24, 2.45) is 0 Å². The van der Waals surface area contributed by atoms with Crippen molar-refractivity contribution >= 4 is 29.2 Å². The fraction of sp³-hybridized carbons (Fsp3) is 0. The average Bonchev–Trinajstić information content (AvgIpc) is 2.34. The minimum absolute atomic E-state index is 0.0672. The lowest BCUT2D eigenvalue weighted by atomic mass is 10.2. The van der Waals surface area contributed by atoms with Gasteiger partial charge in [0.1, 0.15) is 17.2 Å². The van der Waals surface area contributed by atoms with Gasteiger partial charge in [-0.25, -0.2) is 13.6 Å². The molecule has 0 spiro atoms. The van der Waals surface area contributed by atoms with Crippen LogP contribution >= 0.6 is 23.2 Å². The Morgan fingerprint density at radius 1 is 0.947 bits per heavy atom. The third-order valence-corrected chi connectivity index (χ3v) is 2.88. The van der Waals surface area contributed by atoms with Crippen LogP contribution in [0.2, 0.25) is 10.0 Å². The van der Waals surface area contributed by atoms with Gasteiger partial charge in [0.15, 0.2) is 5.75 Å². The molecule has 0 radical (unpaired) electrons. The number of esters is 1. The highest BCUT2D eigenvalue weighted by molar-refractivity contribution is 6.37. The number of halogens is 4. The van der Waals surface area contributed by atoms with E-state index < -0.39 is 23.2 Å². The highest BCUT2D eigenvalue weighted by Crippen LogP contribution is 2.33. The third-order valence-electron chi connectivity index (χ3n) is 2.28. The van der Waals surface area contributed by atoms with Crippen LogP contribution in [0.1, 0.15) is 10.4 Å². The molecule has 6 heteroatoms. The van der Waals surface area contributed by atoms with Crippen molar-refractivity contribution in [1.82, 2.24) is 0 Å². The molecule has 0 aliphatic rings. The predicted molar refractivity (Wildman–Crippen MR) is 67.8 cm³/mol. The molecular weight excluding hydrogens is 297 g/mol. The summed E-state index contributed by atoms with van der Waals surface area (Å²) in [6, 6.07) is 7.47. The van der Waals surface area contributed by atoms with E-state index in [0.29, 0.717) is 0 Å². The lowest BCUT2D eigenvalue weighted by Gasteiger charge is -2.08. The van der Waals surface area contributed by atoms with E-state index in [2.05, 4.69) is 0 Å². The summed E-state index contributed by atoms with van der Waals surface area (Å²) in [6.07, 6.45) is 0. The molecule has 98 valence electrons. The van der Waals surface area contributed by atoms with Crippen LogP contribution in [0.25, 0.3) is 0 Å². The summed E-state index contributed by atoms with van der Waals surface area (Å²) >= 11 is 11.6. The van der Waals surface area contributed by atoms with Gasteiger partial charge >= 0.3 is 5.97 Å². The van der Waals surface area contributed by atoms with E-state index in [1.54, 1.807) is 6.07 Å². The van der Waals surface area contributed by atoms with E-state index in [9.17, 15) is 13.6 Å². The summed E-state index contributed by atoms with van der Waals surface area (Å²) < 4.78 is 31.6. The van der Waals surface area contributed by atoms with E-state index in [1.165, 1.54) is 12.1 Å². The molecule has 0 aliphatic carbocycles. The molecular formula is C13H6Cl2F2O2. The summed E-state index contributed by atoms with van der Waals surface area (Å²) in [7, 11) is 0. The molecule has 2 rings (SSSR count). The summed E-state index contributed by atoms with van der Waals surface area (Å²) in [5.74, 6) is -3.38. The van der Waals surface area contributed by atoms with E-state index in [0.717, 1.165) is 18.2 Å². The van der Waals surface area contributed by atoms with Gasteiger partial charge in [-0.05, 0) is 24.3 Å². The molecule has 2 aromatic carbocycles. The van der Waals surface area contributed by atoms with Gasteiger partial charge in [0, 0.05) is 0 Å². The maximum absolute atomic E-state index is 13.4. The number of hydrogen-bond donors (Lipinski definition) is 0. The Hall–Kier alpha value is -1.65. The zero-order valence-corrected chi connectivity index (χ0v) is 10.8. The number of para-hydroxylation sites is 1. The summed E-state index contributed by atoms with van der Waals surface area (Å²) in [4.78, 5) is 11.7. The molecule has 0 saturated heterocycles. The SMILES string of the molecule is O=C(Oc1c(Cl)cccc1Cl)c1c(F)cccc1F. The molecule has 0 amide bonds. The molecule has 0 atom stereocenters. The number of rotatable bonds is 2. The largest absolute Gasteiger partial charge is 0.420 e. The Kier molecular flexibility index (Phi) is 4.02. The second-order valence-electron chi connectivity index (χ2n) is 3.54. The fourth-order valence-electron chi connectivity index (χ4n) is 1.42.